The summed E-state index contributed by atoms with van der Waals surface area (Å²) in [6.45, 7) is 0. The third-order valence-electron chi connectivity index (χ3n) is 5.89. The van der Waals surface area contributed by atoms with E-state index < -0.39 is 73.0 Å². The standard InChI is InChI=1S/C27H17N5O10.O2/c33-16-10-12(11-17(34)21(16)35)26-25(39)23(37)18-22(36)19(30-28-13-4-2-1-3-5-13)24(38)20(27(18)42-26)31-29-14-6-8-15(9-7-14)32(40)41;1-2/h1-11,33-36,38-39H;. The molecular weight excluding hydrogens is 586 g/mol. The summed E-state index contributed by atoms with van der Waals surface area (Å²) in [4.78, 5) is 37.6. The Morgan fingerprint density at radius 3 is 1.77 bits per heavy atom. The fourth-order valence-electron chi connectivity index (χ4n) is 3.83. The van der Waals surface area contributed by atoms with E-state index in [1.165, 1.54) is 12.1 Å². The quantitative estimate of drug-likeness (QED) is 0.0525. The molecule has 0 saturated heterocycles. The second kappa shape index (κ2) is 12.3. The van der Waals surface area contributed by atoms with Crippen molar-refractivity contribution in [3.8, 4) is 45.8 Å². The molecule has 5 aromatic rings. The molecule has 5 rings (SSSR count). The number of rotatable bonds is 6. The Labute approximate surface area is 243 Å². The van der Waals surface area contributed by atoms with E-state index in [0.717, 1.165) is 24.3 Å². The van der Waals surface area contributed by atoms with Crippen LogP contribution in [0.4, 0.5) is 28.4 Å². The van der Waals surface area contributed by atoms with E-state index >= 15 is 0 Å². The summed E-state index contributed by atoms with van der Waals surface area (Å²) in [6.07, 6.45) is 0. The fraction of sp³-hybridized carbons (Fsp3) is 0. The summed E-state index contributed by atoms with van der Waals surface area (Å²) >= 11 is 0. The molecule has 0 bridgehead atoms. The smallest absolute Gasteiger partial charge is 0.269 e. The van der Waals surface area contributed by atoms with E-state index in [1.54, 1.807) is 30.3 Å². The molecule has 1 heterocycles. The molecule has 1 aromatic heterocycles. The number of phenols is 5. The van der Waals surface area contributed by atoms with Gasteiger partial charge in [0.2, 0.25) is 11.2 Å². The van der Waals surface area contributed by atoms with Crippen molar-refractivity contribution in [3.63, 3.8) is 0 Å². The van der Waals surface area contributed by atoms with Gasteiger partial charge >= 0.3 is 0 Å². The molecule has 0 atom stereocenters. The second-order valence-corrected chi connectivity index (χ2v) is 8.58. The molecule has 0 amide bonds. The Bertz CT molecular complexity index is 1990. The Hall–Kier alpha value is -6.91. The molecule has 0 radical (unpaired) electrons. The number of nitro groups is 1. The number of hydrogen-bond acceptors (Lipinski definition) is 16. The van der Waals surface area contributed by atoms with E-state index in [-0.39, 0.29) is 16.9 Å². The van der Waals surface area contributed by atoms with Crippen molar-refractivity contribution < 1.29 is 40.0 Å². The largest absolute Gasteiger partial charge is 0.505 e. The summed E-state index contributed by atoms with van der Waals surface area (Å²) < 4.78 is 5.67. The normalized spacial score (nSPS) is 11.1. The van der Waals surface area contributed by atoms with Crippen molar-refractivity contribution in [3.05, 3.63) is 97.0 Å². The van der Waals surface area contributed by atoms with Crippen molar-refractivity contribution in [1.29, 1.82) is 0 Å². The molecule has 0 aliphatic carbocycles. The molecule has 0 spiro atoms. The molecule has 17 heteroatoms. The molecule has 0 unspecified atom stereocenters. The average Bonchev–Trinajstić information content (AvgIpc) is 3.02. The summed E-state index contributed by atoms with van der Waals surface area (Å²) in [5, 5.41) is 88.2. The van der Waals surface area contributed by atoms with Gasteiger partial charge in [0, 0.05) is 27.6 Å². The van der Waals surface area contributed by atoms with Crippen LogP contribution < -0.4 is 5.43 Å². The van der Waals surface area contributed by atoms with Gasteiger partial charge in [-0.2, -0.15) is 10.2 Å². The number of nitrogens with zero attached hydrogens (tertiary/aromatic N) is 5. The van der Waals surface area contributed by atoms with Gasteiger partial charge in [0.15, 0.2) is 51.5 Å². The molecule has 0 saturated carbocycles. The van der Waals surface area contributed by atoms with Gasteiger partial charge in [0.05, 0.1) is 16.3 Å². The monoisotopic (exact) mass is 603 g/mol. The fourth-order valence-corrected chi connectivity index (χ4v) is 3.83. The lowest BCUT2D eigenvalue weighted by Crippen LogP contribution is -2.03. The van der Waals surface area contributed by atoms with Crippen LogP contribution in [0, 0.1) is 20.0 Å². The summed E-state index contributed by atoms with van der Waals surface area (Å²) in [5.41, 5.74) is -3.09. The number of non-ortho nitro benzene ring substituents is 1. The zero-order valence-corrected chi connectivity index (χ0v) is 21.7. The zero-order chi connectivity index (χ0) is 32.1. The number of fused-ring (bicyclic) bond motifs is 1. The molecule has 44 heavy (non-hydrogen) atoms. The first-order chi connectivity index (χ1) is 21.1. The molecule has 222 valence electrons. The maximum Gasteiger partial charge on any atom is 0.269 e. The van der Waals surface area contributed by atoms with Crippen molar-refractivity contribution >= 4 is 39.4 Å². The lowest BCUT2D eigenvalue weighted by atomic mass is 10.1. The minimum atomic E-state index is -1.22. The number of hydrogen-bond donors (Lipinski definition) is 6. The Kier molecular flexibility index (Phi) is 8.41. The first kappa shape index (κ1) is 30.1. The number of benzene rings is 4. The van der Waals surface area contributed by atoms with E-state index in [1.807, 2.05) is 0 Å². The molecule has 17 nitrogen and oxygen atoms in total. The van der Waals surface area contributed by atoms with Crippen LogP contribution in [-0.2, 0) is 0 Å². The molecule has 6 N–H and O–H groups in total. The number of aromatic hydroxyl groups is 6. The molecular formula is C27H17N5O12. The van der Waals surface area contributed by atoms with Gasteiger partial charge in [-0.25, -0.2) is 0 Å². The molecule has 0 aliphatic heterocycles. The van der Waals surface area contributed by atoms with Crippen LogP contribution >= 0.6 is 0 Å². The van der Waals surface area contributed by atoms with Gasteiger partial charge in [0.25, 0.3) is 5.69 Å². The first-order valence-corrected chi connectivity index (χ1v) is 11.9. The predicted octanol–water partition coefficient (Wildman–Crippen LogP) is 6.50. The predicted molar refractivity (Wildman–Crippen MR) is 153 cm³/mol. The minimum Gasteiger partial charge on any atom is -0.505 e. The van der Waals surface area contributed by atoms with Gasteiger partial charge in [0.1, 0.15) is 5.39 Å². The summed E-state index contributed by atoms with van der Waals surface area (Å²) in [6, 6.07) is 14.8. The lowest BCUT2D eigenvalue weighted by Gasteiger charge is -2.12. The number of phenolic OH excluding ortho intramolecular Hbond substituents is 5. The summed E-state index contributed by atoms with van der Waals surface area (Å²) in [7, 11) is 0. The Morgan fingerprint density at radius 2 is 1.20 bits per heavy atom. The minimum absolute atomic E-state index is 0.0865. The highest BCUT2D eigenvalue weighted by molar-refractivity contribution is 6.02. The highest BCUT2D eigenvalue weighted by atomic mass is 16.7. The average molecular weight is 603 g/mol. The first-order valence-electron chi connectivity index (χ1n) is 11.9. The zero-order valence-electron chi connectivity index (χ0n) is 21.7. The van der Waals surface area contributed by atoms with E-state index in [2.05, 4.69) is 20.5 Å². The third-order valence-corrected chi connectivity index (χ3v) is 5.89. The topological polar surface area (TPSA) is 278 Å². The van der Waals surface area contributed by atoms with Crippen LogP contribution in [0.15, 0.2) is 96.4 Å². The van der Waals surface area contributed by atoms with Gasteiger partial charge in [-0.1, -0.05) is 18.2 Å². The maximum absolute atomic E-state index is 13.3. The van der Waals surface area contributed by atoms with Crippen molar-refractivity contribution in [1.82, 2.24) is 0 Å². The van der Waals surface area contributed by atoms with Crippen LogP contribution in [0.5, 0.6) is 34.5 Å². The Balaban J connectivity index is 0.00000216. The molecule has 0 fully saturated rings. The van der Waals surface area contributed by atoms with Crippen LogP contribution in [-0.4, -0.2) is 35.6 Å². The van der Waals surface area contributed by atoms with Crippen LogP contribution in [0.2, 0.25) is 0 Å². The highest BCUT2D eigenvalue weighted by Gasteiger charge is 2.28. The van der Waals surface area contributed by atoms with E-state index in [9.17, 15) is 45.5 Å². The summed E-state index contributed by atoms with van der Waals surface area (Å²) in [5.74, 6) is -5.98. The number of nitro benzene ring substituents is 1. The Morgan fingerprint density at radius 1 is 0.659 bits per heavy atom. The maximum atomic E-state index is 13.3. The van der Waals surface area contributed by atoms with Crippen LogP contribution in [0.25, 0.3) is 22.3 Å². The van der Waals surface area contributed by atoms with Gasteiger partial charge in [-0.15, -0.1) is 10.2 Å². The van der Waals surface area contributed by atoms with Crippen molar-refractivity contribution in [2.75, 3.05) is 0 Å². The van der Waals surface area contributed by atoms with Gasteiger partial charge < -0.3 is 35.1 Å². The second-order valence-electron chi connectivity index (χ2n) is 8.58. The van der Waals surface area contributed by atoms with Crippen LogP contribution in [0.1, 0.15) is 0 Å². The van der Waals surface area contributed by atoms with E-state index in [4.69, 9.17) is 14.3 Å². The van der Waals surface area contributed by atoms with E-state index in [0.29, 0.717) is 5.69 Å². The number of azo groups is 2. The van der Waals surface area contributed by atoms with Crippen molar-refractivity contribution in [2.45, 2.75) is 0 Å². The lowest BCUT2D eigenvalue weighted by molar-refractivity contribution is -0.384. The third kappa shape index (κ3) is 5.63. The molecule has 4 aromatic carbocycles. The van der Waals surface area contributed by atoms with Crippen LogP contribution in [0.3, 0.4) is 0 Å². The molecule has 0 aliphatic rings. The van der Waals surface area contributed by atoms with Gasteiger partial charge in [-0.05, 0) is 36.4 Å². The van der Waals surface area contributed by atoms with Crippen molar-refractivity contribution in [2.24, 2.45) is 20.5 Å². The SMILES string of the molecule is O=O.O=c1c(O)c(-c2cc(O)c(O)c(O)c2)oc2c(N=Nc3ccc([N+](=O)[O-])cc3)c(O)c(N=Nc3ccccc3)c(O)c12. The highest BCUT2D eigenvalue weighted by Crippen LogP contribution is 2.51. The van der Waals surface area contributed by atoms with Gasteiger partial charge in [-0.3, -0.25) is 14.9 Å².